The van der Waals surface area contributed by atoms with E-state index in [1.165, 1.54) is 19.2 Å². The number of hydrogen-bond donors (Lipinski definition) is 1. The molecule has 0 unspecified atom stereocenters. The van der Waals surface area contributed by atoms with E-state index < -0.39 is 6.04 Å². The molecule has 0 radical (unpaired) electrons. The number of aryl methyl sites for hydroxylation is 1. The van der Waals surface area contributed by atoms with Gasteiger partial charge in [-0.2, -0.15) is 0 Å². The van der Waals surface area contributed by atoms with Crippen molar-refractivity contribution in [2.45, 2.75) is 38.8 Å². The van der Waals surface area contributed by atoms with E-state index >= 15 is 0 Å². The number of benzene rings is 1. The number of halogens is 1. The fourth-order valence-corrected chi connectivity index (χ4v) is 3.24. The Bertz CT molecular complexity index is 762. The number of nitrogens with one attached hydrogen (secondary N) is 1. The van der Waals surface area contributed by atoms with Gasteiger partial charge in [-0.1, -0.05) is 5.16 Å². The summed E-state index contributed by atoms with van der Waals surface area (Å²) in [4.78, 5) is 14.5. The summed E-state index contributed by atoms with van der Waals surface area (Å²) in [5.74, 6) is 0.868. The van der Waals surface area contributed by atoms with Gasteiger partial charge in [-0.25, -0.2) is 9.18 Å². The zero-order valence-corrected chi connectivity index (χ0v) is 14.6. The molecule has 0 saturated carbocycles. The normalized spacial score (nSPS) is 18.2. The minimum atomic E-state index is -0.393. The Labute approximate surface area is 145 Å². The van der Waals surface area contributed by atoms with E-state index in [0.29, 0.717) is 23.6 Å². The lowest BCUT2D eigenvalue weighted by atomic mass is 10.1. The van der Waals surface area contributed by atoms with Crippen LogP contribution < -0.4 is 10.1 Å². The van der Waals surface area contributed by atoms with Gasteiger partial charge in [0.25, 0.3) is 0 Å². The van der Waals surface area contributed by atoms with Crippen LogP contribution in [0.5, 0.6) is 5.75 Å². The number of nitrogens with zero attached hydrogens (tertiary/aromatic N) is 2. The topological polar surface area (TPSA) is 67.6 Å². The number of methoxy groups -OCH3 is 1. The minimum absolute atomic E-state index is 0.122. The van der Waals surface area contributed by atoms with Crippen molar-refractivity contribution in [2.75, 3.05) is 13.7 Å². The fourth-order valence-electron chi connectivity index (χ4n) is 3.24. The van der Waals surface area contributed by atoms with Crippen molar-refractivity contribution in [3.8, 4) is 5.75 Å². The van der Waals surface area contributed by atoms with E-state index in [9.17, 15) is 9.18 Å². The molecule has 7 heteroatoms. The van der Waals surface area contributed by atoms with E-state index in [1.54, 1.807) is 17.9 Å². The molecule has 0 spiro atoms. The Morgan fingerprint density at radius 1 is 1.48 bits per heavy atom. The highest BCUT2D eigenvalue weighted by atomic mass is 19.1. The summed E-state index contributed by atoms with van der Waals surface area (Å²) >= 11 is 0. The van der Waals surface area contributed by atoms with Crippen molar-refractivity contribution in [2.24, 2.45) is 0 Å². The third kappa shape index (κ3) is 3.60. The molecule has 2 amide bonds. The highest BCUT2D eigenvalue weighted by Gasteiger charge is 2.33. The molecule has 1 aromatic heterocycles. The number of carbonyl (C=O) groups is 1. The molecule has 2 heterocycles. The molecule has 3 rings (SSSR count). The van der Waals surface area contributed by atoms with Crippen LogP contribution >= 0.6 is 0 Å². The van der Waals surface area contributed by atoms with Crippen LogP contribution in [0.3, 0.4) is 0 Å². The van der Waals surface area contributed by atoms with Crippen LogP contribution in [0.2, 0.25) is 0 Å². The Hall–Kier alpha value is -2.57. The molecule has 2 atom stereocenters. The van der Waals surface area contributed by atoms with Crippen molar-refractivity contribution < 1.29 is 18.4 Å². The van der Waals surface area contributed by atoms with Gasteiger partial charge in [0.05, 0.1) is 24.9 Å². The zero-order chi connectivity index (χ0) is 18.0. The van der Waals surface area contributed by atoms with E-state index in [4.69, 9.17) is 9.26 Å². The van der Waals surface area contributed by atoms with Gasteiger partial charge in [0.1, 0.15) is 11.6 Å². The van der Waals surface area contributed by atoms with Gasteiger partial charge in [0.2, 0.25) is 0 Å². The SMILES string of the molecule is COc1ccc(F)cc1[C@@H](C)NC(=O)N1CCC[C@@H]1c1cc(C)no1. The molecule has 1 aliphatic rings. The van der Waals surface area contributed by atoms with Gasteiger partial charge in [0.15, 0.2) is 5.76 Å². The Balaban J connectivity index is 1.74. The monoisotopic (exact) mass is 347 g/mol. The highest BCUT2D eigenvalue weighted by Crippen LogP contribution is 2.33. The largest absolute Gasteiger partial charge is 0.496 e. The van der Waals surface area contributed by atoms with Gasteiger partial charge in [-0.15, -0.1) is 0 Å². The predicted molar refractivity (Wildman–Crippen MR) is 89.8 cm³/mol. The first-order chi connectivity index (χ1) is 12.0. The van der Waals surface area contributed by atoms with Crippen LogP contribution in [-0.4, -0.2) is 29.7 Å². The van der Waals surface area contributed by atoms with E-state index in [-0.39, 0.29) is 17.9 Å². The molecule has 25 heavy (non-hydrogen) atoms. The zero-order valence-electron chi connectivity index (χ0n) is 14.6. The maximum Gasteiger partial charge on any atom is 0.318 e. The standard InChI is InChI=1S/C18H22FN3O3/c1-11-9-17(25-21-11)15-5-4-8-22(15)18(23)20-12(2)14-10-13(19)6-7-16(14)24-3/h6-7,9-10,12,15H,4-5,8H2,1-3H3,(H,20,23)/t12-,15-/m1/s1. The summed E-state index contributed by atoms with van der Waals surface area (Å²) in [6.45, 7) is 4.30. The van der Waals surface area contributed by atoms with Crippen molar-refractivity contribution in [1.82, 2.24) is 15.4 Å². The summed E-state index contributed by atoms with van der Waals surface area (Å²) in [7, 11) is 1.52. The first kappa shape index (κ1) is 17.3. The second kappa shape index (κ2) is 7.13. The molecule has 1 N–H and O–H groups in total. The van der Waals surface area contributed by atoms with Crippen LogP contribution in [0.4, 0.5) is 9.18 Å². The first-order valence-electron chi connectivity index (χ1n) is 8.33. The summed E-state index contributed by atoms with van der Waals surface area (Å²) in [5.41, 5.74) is 1.39. The molecule has 0 aliphatic carbocycles. The van der Waals surface area contributed by atoms with Gasteiger partial charge in [-0.05, 0) is 44.9 Å². The summed E-state index contributed by atoms with van der Waals surface area (Å²) in [6, 6.07) is 5.40. The summed E-state index contributed by atoms with van der Waals surface area (Å²) < 4.78 is 24.2. The van der Waals surface area contributed by atoms with Gasteiger partial charge >= 0.3 is 6.03 Å². The van der Waals surface area contributed by atoms with Crippen molar-refractivity contribution in [3.05, 3.63) is 47.1 Å². The van der Waals surface area contributed by atoms with Gasteiger partial charge < -0.3 is 19.5 Å². The second-order valence-electron chi connectivity index (χ2n) is 6.28. The van der Waals surface area contributed by atoms with Crippen molar-refractivity contribution in [1.29, 1.82) is 0 Å². The van der Waals surface area contributed by atoms with Crippen LogP contribution in [0, 0.1) is 12.7 Å². The lowest BCUT2D eigenvalue weighted by Crippen LogP contribution is -2.40. The lowest BCUT2D eigenvalue weighted by Gasteiger charge is -2.26. The number of carbonyl (C=O) groups excluding carboxylic acids is 1. The van der Waals surface area contributed by atoms with Gasteiger partial charge in [0, 0.05) is 18.2 Å². The maximum absolute atomic E-state index is 13.6. The first-order valence-corrected chi connectivity index (χ1v) is 8.33. The quantitative estimate of drug-likeness (QED) is 0.915. The average molecular weight is 347 g/mol. The Morgan fingerprint density at radius 3 is 2.96 bits per heavy atom. The molecular weight excluding hydrogens is 325 g/mol. The smallest absolute Gasteiger partial charge is 0.318 e. The molecule has 0 bridgehead atoms. The van der Waals surface area contributed by atoms with Crippen molar-refractivity contribution >= 4 is 6.03 Å². The number of amides is 2. The number of urea groups is 1. The van der Waals surface area contributed by atoms with Crippen molar-refractivity contribution in [3.63, 3.8) is 0 Å². The third-order valence-electron chi connectivity index (χ3n) is 4.49. The molecular formula is C18H22FN3O3. The number of aromatic nitrogens is 1. The molecule has 2 aromatic rings. The number of rotatable bonds is 4. The minimum Gasteiger partial charge on any atom is -0.496 e. The molecule has 6 nitrogen and oxygen atoms in total. The Morgan fingerprint density at radius 2 is 2.28 bits per heavy atom. The second-order valence-corrected chi connectivity index (χ2v) is 6.28. The molecule has 1 fully saturated rings. The highest BCUT2D eigenvalue weighted by molar-refractivity contribution is 5.75. The predicted octanol–water partition coefficient (Wildman–Crippen LogP) is 3.74. The number of ether oxygens (including phenoxy) is 1. The number of likely N-dealkylation sites (tertiary alicyclic amines) is 1. The Kier molecular flexibility index (Phi) is 4.92. The number of hydrogen-bond acceptors (Lipinski definition) is 4. The van der Waals surface area contributed by atoms with Crippen LogP contribution in [-0.2, 0) is 0 Å². The van der Waals surface area contributed by atoms with Crippen LogP contribution in [0.25, 0.3) is 0 Å². The molecule has 1 saturated heterocycles. The van der Waals surface area contributed by atoms with E-state index in [1.807, 2.05) is 13.0 Å². The average Bonchev–Trinajstić information content (AvgIpc) is 3.23. The van der Waals surface area contributed by atoms with Crippen LogP contribution in [0.1, 0.15) is 48.9 Å². The molecule has 1 aromatic carbocycles. The summed E-state index contributed by atoms with van der Waals surface area (Å²) in [6.07, 6.45) is 1.73. The third-order valence-corrected chi connectivity index (χ3v) is 4.49. The molecule has 1 aliphatic heterocycles. The molecule has 134 valence electrons. The summed E-state index contributed by atoms with van der Waals surface area (Å²) in [5, 5.41) is 6.83. The van der Waals surface area contributed by atoms with Gasteiger partial charge in [-0.3, -0.25) is 0 Å². The lowest BCUT2D eigenvalue weighted by molar-refractivity contribution is 0.179. The van der Waals surface area contributed by atoms with E-state index in [2.05, 4.69) is 10.5 Å². The van der Waals surface area contributed by atoms with E-state index in [0.717, 1.165) is 18.5 Å². The maximum atomic E-state index is 13.6. The fraction of sp³-hybridized carbons (Fsp3) is 0.444. The van der Waals surface area contributed by atoms with Crippen LogP contribution in [0.15, 0.2) is 28.8 Å².